The molecule has 3 amide bonds. The molecule has 1 aromatic rings. The fourth-order valence-electron chi connectivity index (χ4n) is 4.37. The van der Waals surface area contributed by atoms with Gasteiger partial charge in [0.15, 0.2) is 0 Å². The van der Waals surface area contributed by atoms with Gasteiger partial charge in [-0.2, -0.15) is 5.10 Å². The minimum absolute atomic E-state index is 0.0140. The Kier molecular flexibility index (Phi) is 4.63. The van der Waals surface area contributed by atoms with Crippen LogP contribution in [0.1, 0.15) is 49.8 Å². The van der Waals surface area contributed by atoms with Gasteiger partial charge in [0.25, 0.3) is 0 Å². The van der Waals surface area contributed by atoms with Gasteiger partial charge in [0, 0.05) is 49.9 Å². The molecule has 1 saturated heterocycles. The van der Waals surface area contributed by atoms with Crippen LogP contribution in [0.4, 0.5) is 4.79 Å². The van der Waals surface area contributed by atoms with Crippen molar-refractivity contribution >= 4 is 11.9 Å². The third-order valence-corrected chi connectivity index (χ3v) is 5.85. The van der Waals surface area contributed by atoms with Gasteiger partial charge >= 0.3 is 6.03 Å². The van der Waals surface area contributed by atoms with E-state index in [9.17, 15) is 9.59 Å². The van der Waals surface area contributed by atoms with Crippen molar-refractivity contribution in [1.82, 2.24) is 25.3 Å². The summed E-state index contributed by atoms with van der Waals surface area (Å²) in [7, 11) is 0. The van der Waals surface area contributed by atoms with E-state index in [-0.39, 0.29) is 17.9 Å². The molecular weight excluding hydrogens is 318 g/mol. The summed E-state index contributed by atoms with van der Waals surface area (Å²) in [6.07, 6.45) is 9.01. The zero-order valence-electron chi connectivity index (χ0n) is 14.7. The third-order valence-electron chi connectivity index (χ3n) is 5.85. The summed E-state index contributed by atoms with van der Waals surface area (Å²) in [5, 5.41) is 10.2. The molecule has 0 aromatic carbocycles. The molecule has 1 atom stereocenters. The summed E-state index contributed by atoms with van der Waals surface area (Å²) in [5.41, 5.74) is 2.26. The lowest BCUT2D eigenvalue weighted by atomic mass is 9.95. The predicted molar refractivity (Wildman–Crippen MR) is 92.8 cm³/mol. The van der Waals surface area contributed by atoms with Gasteiger partial charge in [0.05, 0.1) is 12.1 Å². The van der Waals surface area contributed by atoms with Crippen molar-refractivity contribution < 1.29 is 9.59 Å². The van der Waals surface area contributed by atoms with Crippen LogP contribution in [0.5, 0.6) is 0 Å². The van der Waals surface area contributed by atoms with Gasteiger partial charge in [-0.15, -0.1) is 0 Å². The number of rotatable bonds is 2. The molecule has 7 heteroatoms. The molecule has 2 N–H and O–H groups in total. The van der Waals surface area contributed by atoms with E-state index in [2.05, 4.69) is 15.5 Å². The summed E-state index contributed by atoms with van der Waals surface area (Å²) in [6, 6.07) is 0.338. The summed E-state index contributed by atoms with van der Waals surface area (Å²) in [4.78, 5) is 29.2. The first-order valence-corrected chi connectivity index (χ1v) is 9.56. The Balaban J connectivity index is 1.34. The van der Waals surface area contributed by atoms with Gasteiger partial charge in [-0.1, -0.05) is 12.8 Å². The standard InChI is InChI=1S/C18H27N5O2/c24-17(22-9-7-16-14(12-22)10-19-21-16)13-4-3-8-23(11-13)18(25)20-15-5-1-2-6-15/h10,13,15H,1-9,11-12H2,(H,19,21)(H,20,25). The number of nitrogens with one attached hydrogen (secondary N) is 2. The smallest absolute Gasteiger partial charge is 0.317 e. The lowest BCUT2D eigenvalue weighted by Crippen LogP contribution is -2.51. The van der Waals surface area contributed by atoms with Crippen LogP contribution in [0.3, 0.4) is 0 Å². The lowest BCUT2D eigenvalue weighted by molar-refractivity contribution is -0.137. The summed E-state index contributed by atoms with van der Waals surface area (Å²) in [5.74, 6) is 0.113. The Hall–Kier alpha value is -2.05. The van der Waals surface area contributed by atoms with Gasteiger partial charge in [0.1, 0.15) is 0 Å². The van der Waals surface area contributed by atoms with Crippen LogP contribution in [-0.4, -0.2) is 57.6 Å². The number of amides is 3. The summed E-state index contributed by atoms with van der Waals surface area (Å²) in [6.45, 7) is 2.68. The van der Waals surface area contributed by atoms with Crippen molar-refractivity contribution in [3.05, 3.63) is 17.5 Å². The van der Waals surface area contributed by atoms with E-state index in [1.807, 2.05) is 16.0 Å². The maximum atomic E-state index is 12.9. The number of H-pyrrole nitrogens is 1. The SMILES string of the molecule is O=C(NC1CCCC1)N1CCCC(C(=O)N2CCc3[nH]ncc3C2)C1. The Bertz CT molecular complexity index is 637. The highest BCUT2D eigenvalue weighted by Crippen LogP contribution is 2.24. The third kappa shape index (κ3) is 3.50. The highest BCUT2D eigenvalue weighted by atomic mass is 16.2. The molecule has 2 aliphatic heterocycles. The maximum Gasteiger partial charge on any atom is 0.317 e. The first-order chi connectivity index (χ1) is 12.2. The predicted octanol–water partition coefficient (Wildman–Crippen LogP) is 1.66. The van der Waals surface area contributed by atoms with Crippen LogP contribution < -0.4 is 5.32 Å². The van der Waals surface area contributed by atoms with Crippen LogP contribution in [-0.2, 0) is 17.8 Å². The largest absolute Gasteiger partial charge is 0.338 e. The average Bonchev–Trinajstić information content (AvgIpc) is 3.32. The van der Waals surface area contributed by atoms with Crippen LogP contribution in [0.25, 0.3) is 0 Å². The normalized spacial score (nSPS) is 24.2. The molecular formula is C18H27N5O2. The number of carbonyl (C=O) groups is 2. The molecule has 2 fully saturated rings. The van der Waals surface area contributed by atoms with Gasteiger partial charge in [-0.05, 0) is 25.7 Å². The topological polar surface area (TPSA) is 81.3 Å². The zero-order chi connectivity index (χ0) is 17.2. The highest BCUT2D eigenvalue weighted by molar-refractivity contribution is 5.81. The summed E-state index contributed by atoms with van der Waals surface area (Å²) >= 11 is 0. The number of aromatic amines is 1. The Morgan fingerprint density at radius 3 is 2.80 bits per heavy atom. The zero-order valence-corrected chi connectivity index (χ0v) is 14.7. The molecule has 1 aliphatic carbocycles. The molecule has 0 spiro atoms. The van der Waals surface area contributed by atoms with Crippen LogP contribution in [0, 0.1) is 5.92 Å². The molecule has 136 valence electrons. The lowest BCUT2D eigenvalue weighted by Gasteiger charge is -2.36. The molecule has 1 aromatic heterocycles. The molecule has 7 nitrogen and oxygen atoms in total. The van der Waals surface area contributed by atoms with Gasteiger partial charge in [0.2, 0.25) is 5.91 Å². The number of hydrogen-bond acceptors (Lipinski definition) is 3. The molecule has 3 aliphatic rings. The monoisotopic (exact) mass is 345 g/mol. The molecule has 4 rings (SSSR count). The minimum atomic E-state index is -0.0727. The quantitative estimate of drug-likeness (QED) is 0.855. The molecule has 0 radical (unpaired) electrons. The molecule has 1 unspecified atom stereocenters. The number of hydrogen-bond donors (Lipinski definition) is 2. The molecule has 25 heavy (non-hydrogen) atoms. The Morgan fingerprint density at radius 1 is 1.12 bits per heavy atom. The Labute approximate surface area is 148 Å². The maximum absolute atomic E-state index is 12.9. The van der Waals surface area contributed by atoms with Crippen molar-refractivity contribution in [3.63, 3.8) is 0 Å². The van der Waals surface area contributed by atoms with Crippen molar-refractivity contribution in [3.8, 4) is 0 Å². The Morgan fingerprint density at radius 2 is 1.96 bits per heavy atom. The molecule has 1 saturated carbocycles. The number of fused-ring (bicyclic) bond motifs is 1. The van der Waals surface area contributed by atoms with Gasteiger partial charge in [-0.25, -0.2) is 4.79 Å². The van der Waals surface area contributed by atoms with Crippen molar-refractivity contribution in [2.45, 2.75) is 57.5 Å². The first-order valence-electron chi connectivity index (χ1n) is 9.56. The number of urea groups is 1. The highest BCUT2D eigenvalue weighted by Gasteiger charge is 2.33. The summed E-state index contributed by atoms with van der Waals surface area (Å²) < 4.78 is 0. The second-order valence-corrected chi connectivity index (χ2v) is 7.60. The average molecular weight is 345 g/mol. The van der Waals surface area contributed by atoms with E-state index in [0.29, 0.717) is 19.1 Å². The second-order valence-electron chi connectivity index (χ2n) is 7.60. The number of nitrogens with zero attached hydrogens (tertiary/aromatic N) is 3. The van der Waals surface area contributed by atoms with Crippen molar-refractivity contribution in [2.24, 2.45) is 5.92 Å². The number of carbonyl (C=O) groups excluding carboxylic acids is 2. The van der Waals surface area contributed by atoms with Crippen molar-refractivity contribution in [1.29, 1.82) is 0 Å². The minimum Gasteiger partial charge on any atom is -0.338 e. The van der Waals surface area contributed by atoms with E-state index in [4.69, 9.17) is 0 Å². The fraction of sp³-hybridized carbons (Fsp3) is 0.722. The molecule has 3 heterocycles. The van der Waals surface area contributed by atoms with Crippen molar-refractivity contribution in [2.75, 3.05) is 19.6 Å². The van der Waals surface area contributed by atoms with E-state index in [1.165, 1.54) is 12.8 Å². The number of likely N-dealkylation sites (tertiary alicyclic amines) is 1. The van der Waals surface area contributed by atoms with Gasteiger partial charge in [-0.3, -0.25) is 9.89 Å². The van der Waals surface area contributed by atoms with Crippen LogP contribution >= 0.6 is 0 Å². The first kappa shape index (κ1) is 16.4. The van der Waals surface area contributed by atoms with Gasteiger partial charge < -0.3 is 15.1 Å². The van der Waals surface area contributed by atoms with E-state index in [0.717, 1.165) is 56.5 Å². The molecule has 0 bridgehead atoms. The van der Waals surface area contributed by atoms with E-state index < -0.39 is 0 Å². The van der Waals surface area contributed by atoms with Crippen LogP contribution in [0.15, 0.2) is 6.20 Å². The fourth-order valence-corrected chi connectivity index (χ4v) is 4.37. The second kappa shape index (κ2) is 7.06. The van der Waals surface area contributed by atoms with Crippen LogP contribution in [0.2, 0.25) is 0 Å². The van der Waals surface area contributed by atoms with E-state index in [1.54, 1.807) is 0 Å². The number of piperidine rings is 1. The van der Waals surface area contributed by atoms with E-state index >= 15 is 0 Å². The number of aromatic nitrogens is 2.